The summed E-state index contributed by atoms with van der Waals surface area (Å²) in [5, 5.41) is 3.46. The molecular formula is C24H33IN6O. The maximum absolute atomic E-state index is 11.5. The summed E-state index contributed by atoms with van der Waals surface area (Å²) in [5.74, 6) is 1.70. The maximum atomic E-state index is 11.5. The summed E-state index contributed by atoms with van der Waals surface area (Å²) in [4.78, 5) is 25.7. The number of hydrogen-bond acceptors (Lipinski definition) is 4. The second-order valence-electron chi connectivity index (χ2n) is 8.26. The fraction of sp³-hybridized carbons (Fsp3) is 0.458. The summed E-state index contributed by atoms with van der Waals surface area (Å²) in [7, 11) is 0. The minimum absolute atomic E-state index is 0. The molecule has 2 aromatic rings. The molecule has 0 radical (unpaired) electrons. The van der Waals surface area contributed by atoms with E-state index in [1.165, 1.54) is 11.1 Å². The van der Waals surface area contributed by atoms with E-state index in [2.05, 4.69) is 57.4 Å². The number of nitrogens with two attached hydrogens (primary N) is 1. The highest BCUT2D eigenvalue weighted by Crippen LogP contribution is 2.25. The maximum Gasteiger partial charge on any atom is 0.220 e. The van der Waals surface area contributed by atoms with Gasteiger partial charge in [-0.05, 0) is 43.4 Å². The topological polar surface area (TPSA) is 86.9 Å². The highest BCUT2D eigenvalue weighted by Gasteiger charge is 2.25. The van der Waals surface area contributed by atoms with Crippen molar-refractivity contribution in [3.8, 4) is 0 Å². The lowest BCUT2D eigenvalue weighted by atomic mass is 9.96. The number of pyridine rings is 1. The van der Waals surface area contributed by atoms with Gasteiger partial charge in [-0.25, -0.2) is 9.98 Å². The number of aromatic nitrogens is 1. The van der Waals surface area contributed by atoms with Crippen LogP contribution in [0.5, 0.6) is 0 Å². The minimum atomic E-state index is -0.191. The van der Waals surface area contributed by atoms with Crippen molar-refractivity contribution >= 4 is 41.7 Å². The Balaban J connectivity index is 0.00000289. The third-order valence-corrected chi connectivity index (χ3v) is 6.23. The van der Waals surface area contributed by atoms with E-state index < -0.39 is 0 Å². The van der Waals surface area contributed by atoms with Crippen LogP contribution in [0, 0.1) is 5.92 Å². The fourth-order valence-electron chi connectivity index (χ4n) is 4.48. The normalized spacial score (nSPS) is 16.8. The van der Waals surface area contributed by atoms with Crippen molar-refractivity contribution in [3.05, 3.63) is 59.3 Å². The Labute approximate surface area is 207 Å². The van der Waals surface area contributed by atoms with Crippen LogP contribution in [0.4, 0.5) is 5.82 Å². The first kappa shape index (κ1) is 24.3. The van der Waals surface area contributed by atoms with Crippen LogP contribution in [-0.2, 0) is 24.3 Å². The van der Waals surface area contributed by atoms with Gasteiger partial charge in [-0.15, -0.1) is 24.0 Å². The van der Waals surface area contributed by atoms with Crippen LogP contribution in [0.2, 0.25) is 0 Å². The lowest BCUT2D eigenvalue weighted by Gasteiger charge is -2.33. The number of benzene rings is 1. The molecule has 1 saturated heterocycles. The van der Waals surface area contributed by atoms with Gasteiger partial charge in [0.2, 0.25) is 5.91 Å². The lowest BCUT2D eigenvalue weighted by molar-refractivity contribution is -0.122. The average Bonchev–Trinajstić information content (AvgIpc) is 2.81. The molecule has 1 fully saturated rings. The van der Waals surface area contributed by atoms with E-state index in [4.69, 9.17) is 10.7 Å². The Kier molecular flexibility index (Phi) is 8.72. The molecule has 0 spiro atoms. The standard InChI is InChI=1S/C24H32N6O.HI/c1-2-26-24(30-15-9-18-6-3-4-7-21(18)17-30)28-16-20-8-5-12-27-23(20)29-13-10-19(11-14-29)22(25)31;/h3-8,12,19H,2,9-11,13-17H2,1H3,(H2,25,31)(H,26,28);1H. The largest absolute Gasteiger partial charge is 0.369 e. The number of halogens is 1. The van der Waals surface area contributed by atoms with Gasteiger partial charge in [0.05, 0.1) is 6.54 Å². The van der Waals surface area contributed by atoms with E-state index >= 15 is 0 Å². The first-order chi connectivity index (χ1) is 15.2. The third kappa shape index (κ3) is 5.70. The minimum Gasteiger partial charge on any atom is -0.369 e. The summed E-state index contributed by atoms with van der Waals surface area (Å²) in [6, 6.07) is 12.7. The molecule has 3 heterocycles. The van der Waals surface area contributed by atoms with Crippen LogP contribution in [0.15, 0.2) is 47.6 Å². The van der Waals surface area contributed by atoms with Gasteiger partial charge in [0.15, 0.2) is 5.96 Å². The van der Waals surface area contributed by atoms with Crippen LogP contribution in [0.3, 0.4) is 0 Å². The Morgan fingerprint density at radius 1 is 1.16 bits per heavy atom. The summed E-state index contributed by atoms with van der Waals surface area (Å²) < 4.78 is 0. The van der Waals surface area contributed by atoms with Gasteiger partial charge in [0, 0.05) is 50.4 Å². The SMILES string of the molecule is CCNC(=NCc1cccnc1N1CCC(C(N)=O)CC1)N1CCc2ccccc2C1.I. The van der Waals surface area contributed by atoms with Crippen LogP contribution >= 0.6 is 24.0 Å². The summed E-state index contributed by atoms with van der Waals surface area (Å²) in [6.45, 7) is 6.93. The molecule has 3 N–H and O–H groups in total. The molecule has 0 unspecified atom stereocenters. The van der Waals surface area contributed by atoms with E-state index in [9.17, 15) is 4.79 Å². The molecule has 0 bridgehead atoms. The number of primary amides is 1. The fourth-order valence-corrected chi connectivity index (χ4v) is 4.48. The summed E-state index contributed by atoms with van der Waals surface area (Å²) >= 11 is 0. The molecule has 0 atom stereocenters. The first-order valence-electron chi connectivity index (χ1n) is 11.2. The molecule has 32 heavy (non-hydrogen) atoms. The number of rotatable bonds is 5. The third-order valence-electron chi connectivity index (χ3n) is 6.23. The second-order valence-corrected chi connectivity index (χ2v) is 8.26. The van der Waals surface area contributed by atoms with Crippen molar-refractivity contribution in [1.29, 1.82) is 0 Å². The number of nitrogens with one attached hydrogen (secondary N) is 1. The Morgan fingerprint density at radius 2 is 1.91 bits per heavy atom. The number of aliphatic imine (C=N–C) groups is 1. The van der Waals surface area contributed by atoms with Crippen molar-refractivity contribution in [2.24, 2.45) is 16.6 Å². The molecule has 7 nitrogen and oxygen atoms in total. The van der Waals surface area contributed by atoms with E-state index in [0.717, 1.165) is 69.3 Å². The molecule has 4 rings (SSSR count). The van der Waals surface area contributed by atoms with Crippen molar-refractivity contribution in [2.45, 2.75) is 39.3 Å². The quantitative estimate of drug-likeness (QED) is 0.341. The van der Waals surface area contributed by atoms with Crippen molar-refractivity contribution in [1.82, 2.24) is 15.2 Å². The monoisotopic (exact) mass is 548 g/mol. The summed E-state index contributed by atoms with van der Waals surface area (Å²) in [6.07, 6.45) is 4.43. The Morgan fingerprint density at radius 3 is 2.62 bits per heavy atom. The van der Waals surface area contributed by atoms with Gasteiger partial charge in [0.25, 0.3) is 0 Å². The highest BCUT2D eigenvalue weighted by atomic mass is 127. The second kappa shape index (κ2) is 11.5. The van der Waals surface area contributed by atoms with Gasteiger partial charge in [-0.3, -0.25) is 4.79 Å². The predicted octanol–water partition coefficient (Wildman–Crippen LogP) is 2.93. The van der Waals surface area contributed by atoms with Gasteiger partial charge >= 0.3 is 0 Å². The Bertz CT molecular complexity index is 942. The van der Waals surface area contributed by atoms with Crippen LogP contribution in [0.1, 0.15) is 36.5 Å². The zero-order valence-corrected chi connectivity index (χ0v) is 21.0. The molecule has 172 valence electrons. The molecule has 2 aliphatic heterocycles. The van der Waals surface area contributed by atoms with Crippen LogP contribution in [0.25, 0.3) is 0 Å². The van der Waals surface area contributed by atoms with Gasteiger partial charge < -0.3 is 20.9 Å². The number of guanidine groups is 1. The number of piperidine rings is 1. The van der Waals surface area contributed by atoms with Crippen molar-refractivity contribution in [2.75, 3.05) is 31.1 Å². The van der Waals surface area contributed by atoms with Crippen molar-refractivity contribution in [3.63, 3.8) is 0 Å². The van der Waals surface area contributed by atoms with Gasteiger partial charge in [0.1, 0.15) is 5.82 Å². The molecular weight excluding hydrogens is 515 g/mol. The number of anilines is 1. The number of nitrogens with zero attached hydrogens (tertiary/aromatic N) is 4. The average molecular weight is 548 g/mol. The molecule has 1 amide bonds. The molecule has 1 aromatic heterocycles. The molecule has 0 saturated carbocycles. The zero-order valence-electron chi connectivity index (χ0n) is 18.7. The number of hydrogen-bond donors (Lipinski definition) is 2. The number of amides is 1. The number of carbonyl (C=O) groups is 1. The van der Waals surface area contributed by atoms with E-state index in [1.807, 2.05) is 12.3 Å². The van der Waals surface area contributed by atoms with Crippen LogP contribution < -0.4 is 16.0 Å². The van der Waals surface area contributed by atoms with E-state index in [1.54, 1.807) is 0 Å². The Hall–Kier alpha value is -2.36. The van der Waals surface area contributed by atoms with Gasteiger partial charge in [-0.2, -0.15) is 0 Å². The molecule has 2 aliphatic rings. The summed E-state index contributed by atoms with van der Waals surface area (Å²) in [5.41, 5.74) is 9.40. The molecule has 8 heteroatoms. The molecule has 1 aromatic carbocycles. The van der Waals surface area contributed by atoms with Crippen LogP contribution in [-0.4, -0.2) is 47.9 Å². The van der Waals surface area contributed by atoms with E-state index in [-0.39, 0.29) is 35.8 Å². The predicted molar refractivity (Wildman–Crippen MR) is 139 cm³/mol. The lowest BCUT2D eigenvalue weighted by Crippen LogP contribution is -2.44. The van der Waals surface area contributed by atoms with Crippen molar-refractivity contribution < 1.29 is 4.79 Å². The van der Waals surface area contributed by atoms with E-state index in [0.29, 0.717) is 6.54 Å². The first-order valence-corrected chi connectivity index (χ1v) is 11.2. The molecule has 0 aliphatic carbocycles. The highest BCUT2D eigenvalue weighted by molar-refractivity contribution is 14.0. The zero-order chi connectivity index (χ0) is 21.6. The number of carbonyl (C=O) groups excluding carboxylic acids is 1. The smallest absolute Gasteiger partial charge is 0.220 e. The number of fused-ring (bicyclic) bond motifs is 1. The van der Waals surface area contributed by atoms with Gasteiger partial charge in [-0.1, -0.05) is 30.3 Å².